The third-order valence-electron chi connectivity index (χ3n) is 5.76. The molecule has 2 aromatic rings. The Morgan fingerprint density at radius 2 is 1.85 bits per heavy atom. The van der Waals surface area contributed by atoms with Crippen LogP contribution in [-0.4, -0.2) is 66.0 Å². The summed E-state index contributed by atoms with van der Waals surface area (Å²) in [5.74, 6) is -3.12. The number of hydrogen-bond donors (Lipinski definition) is 1. The molecule has 33 heavy (non-hydrogen) atoms. The average molecular weight is 512 g/mol. The van der Waals surface area contributed by atoms with Crippen LogP contribution in [0.15, 0.2) is 22.7 Å². The highest BCUT2D eigenvalue weighted by Crippen LogP contribution is 2.52. The van der Waals surface area contributed by atoms with E-state index >= 15 is 0 Å². The van der Waals surface area contributed by atoms with Crippen LogP contribution in [0.5, 0.6) is 0 Å². The molecule has 0 unspecified atom stereocenters. The number of thioether (sulfide) groups is 1. The van der Waals surface area contributed by atoms with Gasteiger partial charge in [0.15, 0.2) is 0 Å². The molecule has 2 saturated heterocycles. The number of imide groups is 1. The largest absolute Gasteiger partial charge is 0.480 e. The van der Waals surface area contributed by atoms with Crippen molar-refractivity contribution >= 4 is 58.7 Å². The molecular formula is C21H19Cl2N3O6S. The van der Waals surface area contributed by atoms with Crippen molar-refractivity contribution < 1.29 is 28.8 Å². The van der Waals surface area contributed by atoms with Crippen LogP contribution in [0, 0.1) is 6.92 Å². The summed E-state index contributed by atoms with van der Waals surface area (Å²) in [5, 5.41) is 13.3. The number of β-lactam (4-membered cyclic amide) rings is 1. The van der Waals surface area contributed by atoms with Gasteiger partial charge in [0.05, 0.1) is 10.0 Å². The van der Waals surface area contributed by atoms with Crippen molar-refractivity contribution in [1.82, 2.24) is 15.0 Å². The Hall–Kier alpha value is -2.56. The third kappa shape index (κ3) is 3.51. The highest BCUT2D eigenvalue weighted by Gasteiger charge is 2.66. The van der Waals surface area contributed by atoms with Crippen molar-refractivity contribution in [3.8, 4) is 11.3 Å². The second-order valence-corrected chi connectivity index (χ2v) is 10.9. The Morgan fingerprint density at radius 1 is 1.24 bits per heavy atom. The molecule has 0 spiro atoms. The lowest BCUT2D eigenvalue weighted by atomic mass is 9.94. The molecule has 3 heterocycles. The van der Waals surface area contributed by atoms with E-state index in [1.54, 1.807) is 32.0 Å². The first-order valence-electron chi connectivity index (χ1n) is 9.86. The van der Waals surface area contributed by atoms with Crippen LogP contribution in [0.25, 0.3) is 11.3 Å². The molecule has 2 aliphatic rings. The summed E-state index contributed by atoms with van der Waals surface area (Å²) in [5.41, 5.74) is 0.253. The number of halogens is 2. The fourth-order valence-electron chi connectivity index (χ4n) is 4.33. The van der Waals surface area contributed by atoms with E-state index < -0.39 is 45.9 Å². The predicted molar refractivity (Wildman–Crippen MR) is 121 cm³/mol. The van der Waals surface area contributed by atoms with Gasteiger partial charge in [-0.25, -0.2) is 4.79 Å². The lowest BCUT2D eigenvalue weighted by molar-refractivity contribution is -0.165. The number of aryl methyl sites for hydroxylation is 1. The van der Waals surface area contributed by atoms with Crippen molar-refractivity contribution in [2.24, 2.45) is 0 Å². The number of aliphatic carboxylic acids is 1. The highest BCUT2D eigenvalue weighted by atomic mass is 35.5. The molecule has 1 aromatic heterocycles. The van der Waals surface area contributed by atoms with Gasteiger partial charge in [-0.15, -0.1) is 11.8 Å². The average Bonchev–Trinajstić information content (AvgIpc) is 3.20. The van der Waals surface area contributed by atoms with E-state index in [-0.39, 0.29) is 32.6 Å². The van der Waals surface area contributed by atoms with Crippen LogP contribution in [0.1, 0.15) is 36.9 Å². The van der Waals surface area contributed by atoms with E-state index in [2.05, 4.69) is 5.16 Å². The Kier molecular flexibility index (Phi) is 5.74. The van der Waals surface area contributed by atoms with Gasteiger partial charge in [0.2, 0.25) is 5.91 Å². The van der Waals surface area contributed by atoms with Gasteiger partial charge >= 0.3 is 5.97 Å². The van der Waals surface area contributed by atoms with Crippen molar-refractivity contribution in [3.63, 3.8) is 0 Å². The zero-order chi connectivity index (χ0) is 24.4. The van der Waals surface area contributed by atoms with Crippen molar-refractivity contribution in [3.05, 3.63) is 39.6 Å². The molecule has 4 rings (SSSR count). The summed E-state index contributed by atoms with van der Waals surface area (Å²) in [6, 6.07) is 2.53. The maximum Gasteiger partial charge on any atom is 0.327 e. The van der Waals surface area contributed by atoms with Gasteiger partial charge in [0.1, 0.15) is 34.5 Å². The van der Waals surface area contributed by atoms with Crippen LogP contribution in [0.3, 0.4) is 0 Å². The molecule has 2 fully saturated rings. The predicted octanol–water partition coefficient (Wildman–Crippen LogP) is 3.46. The molecule has 2 aliphatic heterocycles. The minimum atomic E-state index is -1.16. The summed E-state index contributed by atoms with van der Waals surface area (Å²) in [7, 11) is 0. The van der Waals surface area contributed by atoms with E-state index in [0.717, 1.165) is 11.8 Å². The second kappa shape index (κ2) is 8.03. The standard InChI is InChI=1S/C21H19Cl2N3O6S/c1-8-12(14(24-32-8)13-10(22)6-5-7-11(13)23)17(28)25(9(2)27)15-18(29)26-16(20(30)31)21(3,4)33-19(15)26/h5-7,15-16,19H,1-4H3,(H,30,31)/t15-,16+,19-/m1/s1. The molecule has 0 aliphatic carbocycles. The van der Waals surface area contributed by atoms with Gasteiger partial charge in [-0.3, -0.25) is 19.3 Å². The zero-order valence-electron chi connectivity index (χ0n) is 18.0. The second-order valence-electron chi connectivity index (χ2n) is 8.30. The molecule has 9 nitrogen and oxygen atoms in total. The number of fused-ring (bicyclic) bond motifs is 1. The fourth-order valence-corrected chi connectivity index (χ4v) is 6.58. The van der Waals surface area contributed by atoms with Crippen molar-refractivity contribution in [2.75, 3.05) is 0 Å². The molecular weight excluding hydrogens is 493 g/mol. The zero-order valence-corrected chi connectivity index (χ0v) is 20.3. The van der Waals surface area contributed by atoms with Crippen LogP contribution in [0.4, 0.5) is 0 Å². The maximum absolute atomic E-state index is 13.7. The summed E-state index contributed by atoms with van der Waals surface area (Å²) in [6.45, 7) is 6.08. The fraction of sp³-hybridized carbons (Fsp3) is 0.381. The van der Waals surface area contributed by atoms with E-state index in [1.165, 1.54) is 23.6 Å². The van der Waals surface area contributed by atoms with Gasteiger partial charge < -0.3 is 14.5 Å². The molecule has 3 amide bonds. The minimum absolute atomic E-state index is 0.0470. The Morgan fingerprint density at radius 3 is 2.39 bits per heavy atom. The van der Waals surface area contributed by atoms with E-state index in [1.807, 2.05) is 0 Å². The van der Waals surface area contributed by atoms with Gasteiger partial charge in [0.25, 0.3) is 11.8 Å². The van der Waals surface area contributed by atoms with Gasteiger partial charge in [-0.1, -0.05) is 34.4 Å². The number of carboxylic acid groups (broad SMARTS) is 1. The number of aromatic nitrogens is 1. The minimum Gasteiger partial charge on any atom is -0.480 e. The first-order valence-corrected chi connectivity index (χ1v) is 11.5. The van der Waals surface area contributed by atoms with E-state index in [4.69, 9.17) is 27.7 Å². The van der Waals surface area contributed by atoms with Crippen LogP contribution in [-0.2, 0) is 14.4 Å². The quantitative estimate of drug-likeness (QED) is 0.619. The molecule has 174 valence electrons. The molecule has 0 saturated carbocycles. The number of benzene rings is 1. The SMILES string of the molecule is CC(=O)N(C(=O)c1c(-c2c(Cl)cccc2Cl)noc1C)[C@@H]1C(=O)N2[C@@H]1SC(C)(C)[C@@H]2C(=O)O. The smallest absolute Gasteiger partial charge is 0.327 e. The summed E-state index contributed by atoms with van der Waals surface area (Å²) in [4.78, 5) is 53.2. The van der Waals surface area contributed by atoms with Crippen LogP contribution >= 0.6 is 35.0 Å². The third-order valence-corrected chi connectivity index (χ3v) is 7.95. The van der Waals surface area contributed by atoms with Crippen LogP contribution < -0.4 is 0 Å². The van der Waals surface area contributed by atoms with E-state index in [9.17, 15) is 24.3 Å². The maximum atomic E-state index is 13.7. The number of nitrogens with zero attached hydrogens (tertiary/aromatic N) is 3. The number of rotatable bonds is 4. The van der Waals surface area contributed by atoms with Gasteiger partial charge in [0, 0.05) is 17.2 Å². The molecule has 3 atom stereocenters. The Bertz CT molecular complexity index is 1190. The molecule has 1 aromatic carbocycles. The van der Waals surface area contributed by atoms with Gasteiger partial charge in [-0.2, -0.15) is 0 Å². The lowest BCUT2D eigenvalue weighted by Crippen LogP contribution is -2.72. The lowest BCUT2D eigenvalue weighted by Gasteiger charge is -2.47. The van der Waals surface area contributed by atoms with Crippen LogP contribution in [0.2, 0.25) is 10.0 Å². The summed E-state index contributed by atoms with van der Waals surface area (Å²) in [6.07, 6.45) is 0. The Labute approximate surface area is 203 Å². The monoisotopic (exact) mass is 511 g/mol. The number of hydrogen-bond acceptors (Lipinski definition) is 7. The first-order chi connectivity index (χ1) is 15.4. The van der Waals surface area contributed by atoms with Crippen molar-refractivity contribution in [1.29, 1.82) is 0 Å². The highest BCUT2D eigenvalue weighted by molar-refractivity contribution is 8.01. The topological polar surface area (TPSA) is 121 Å². The number of amides is 3. The normalized spacial score (nSPS) is 23.2. The molecule has 1 N–H and O–H groups in total. The number of carbonyl (C=O) groups is 4. The van der Waals surface area contributed by atoms with E-state index in [0.29, 0.717) is 0 Å². The number of carbonyl (C=O) groups excluding carboxylic acids is 3. The van der Waals surface area contributed by atoms with Gasteiger partial charge in [-0.05, 0) is 32.9 Å². The molecule has 0 radical (unpaired) electrons. The molecule has 12 heteroatoms. The summed E-state index contributed by atoms with van der Waals surface area (Å²) < 4.78 is 4.42. The molecule has 0 bridgehead atoms. The van der Waals surface area contributed by atoms with Crippen molar-refractivity contribution in [2.45, 2.75) is 49.9 Å². The summed E-state index contributed by atoms with van der Waals surface area (Å²) >= 11 is 13.8. The number of carboxylic acids is 1. The Balaban J connectivity index is 1.76. The first kappa shape index (κ1) is 23.6.